The van der Waals surface area contributed by atoms with Crippen LogP contribution in [0, 0.1) is 5.92 Å². The zero-order valence-corrected chi connectivity index (χ0v) is 14.6. The molecule has 1 aliphatic carbocycles. The number of nitrogens with one attached hydrogen (secondary N) is 1. The second kappa shape index (κ2) is 8.15. The monoisotopic (exact) mass is 338 g/mol. The summed E-state index contributed by atoms with van der Waals surface area (Å²) in [6.07, 6.45) is 9.38. The van der Waals surface area contributed by atoms with Gasteiger partial charge in [0.25, 0.3) is 0 Å². The number of carbonyl (C=O) groups excluding carboxylic acids is 1. The second-order valence-electron chi connectivity index (χ2n) is 6.53. The third kappa shape index (κ3) is 4.47. The fourth-order valence-corrected chi connectivity index (χ4v) is 4.05. The van der Waals surface area contributed by atoms with E-state index >= 15 is 0 Å². The van der Waals surface area contributed by atoms with E-state index in [0.29, 0.717) is 24.3 Å². The molecule has 128 valence electrons. The van der Waals surface area contributed by atoms with Crippen LogP contribution in [0.1, 0.15) is 50.2 Å². The normalized spacial score (nSPS) is 23.3. The quantitative estimate of drug-likeness (QED) is 0.857. The molecule has 2 aliphatic rings. The summed E-state index contributed by atoms with van der Waals surface area (Å²) in [4.78, 5) is 19.2. The van der Waals surface area contributed by atoms with Crippen molar-refractivity contribution in [1.29, 1.82) is 0 Å². The largest absolute Gasteiger partial charge is 0.347 e. The number of rotatable bonds is 6. The van der Waals surface area contributed by atoms with Crippen molar-refractivity contribution in [3.8, 4) is 0 Å². The molecule has 0 radical (unpaired) electrons. The third-order valence-electron chi connectivity index (χ3n) is 4.86. The highest BCUT2D eigenvalue weighted by Crippen LogP contribution is 2.28. The van der Waals surface area contributed by atoms with Crippen molar-refractivity contribution < 1.29 is 9.32 Å². The van der Waals surface area contributed by atoms with Crippen molar-refractivity contribution in [3.05, 3.63) is 11.7 Å². The molecule has 23 heavy (non-hydrogen) atoms. The Labute approximate surface area is 141 Å². The highest BCUT2D eigenvalue weighted by Gasteiger charge is 2.31. The van der Waals surface area contributed by atoms with Crippen LogP contribution in [0.3, 0.4) is 0 Å². The molecule has 0 bridgehead atoms. The van der Waals surface area contributed by atoms with Gasteiger partial charge in [0.05, 0.1) is 18.2 Å². The summed E-state index contributed by atoms with van der Waals surface area (Å²) < 4.78 is 5.16. The highest BCUT2D eigenvalue weighted by molar-refractivity contribution is 7.97. The summed E-state index contributed by atoms with van der Waals surface area (Å²) in [5.41, 5.74) is 0. The third-order valence-corrected chi connectivity index (χ3v) is 5.41. The van der Waals surface area contributed by atoms with E-state index in [9.17, 15) is 4.79 Å². The van der Waals surface area contributed by atoms with Crippen molar-refractivity contribution in [3.63, 3.8) is 0 Å². The van der Waals surface area contributed by atoms with E-state index in [2.05, 4.69) is 20.4 Å². The second-order valence-corrected chi connectivity index (χ2v) is 7.39. The minimum atomic E-state index is 0.0953. The van der Waals surface area contributed by atoms with Crippen LogP contribution in [0.15, 0.2) is 4.52 Å². The fraction of sp³-hybridized carbons (Fsp3) is 0.812. The fourth-order valence-electron chi connectivity index (χ4n) is 3.68. The zero-order valence-electron chi connectivity index (χ0n) is 13.8. The first-order chi connectivity index (χ1) is 11.3. The van der Waals surface area contributed by atoms with Crippen molar-refractivity contribution >= 4 is 17.7 Å². The summed E-state index contributed by atoms with van der Waals surface area (Å²) >= 11 is 1.65. The van der Waals surface area contributed by atoms with E-state index in [0.717, 1.165) is 31.7 Å². The molecule has 2 fully saturated rings. The number of hydrogen-bond acceptors (Lipinski definition) is 6. The van der Waals surface area contributed by atoms with Crippen LogP contribution in [0.5, 0.6) is 0 Å². The molecular weight excluding hydrogens is 312 g/mol. The van der Waals surface area contributed by atoms with E-state index in [1.54, 1.807) is 11.8 Å². The van der Waals surface area contributed by atoms with E-state index in [-0.39, 0.29) is 11.8 Å². The van der Waals surface area contributed by atoms with Crippen LogP contribution in [0.4, 0.5) is 0 Å². The van der Waals surface area contributed by atoms with Crippen LogP contribution in [-0.2, 0) is 17.1 Å². The van der Waals surface area contributed by atoms with Gasteiger partial charge in [-0.2, -0.15) is 16.7 Å². The van der Waals surface area contributed by atoms with Crippen LogP contribution < -0.4 is 5.32 Å². The Morgan fingerprint density at radius 2 is 2.17 bits per heavy atom. The average molecular weight is 338 g/mol. The minimum Gasteiger partial charge on any atom is -0.347 e. The number of piperidine rings is 1. The molecule has 0 spiro atoms. The number of thioether (sulfide) groups is 1. The SMILES string of the molecule is CSCc1noc(CNC(=O)[C@H]2CCCN(C3CCCC3)C2)n1. The molecule has 1 amide bonds. The smallest absolute Gasteiger partial charge is 0.246 e. The average Bonchev–Trinajstić information content (AvgIpc) is 3.25. The van der Waals surface area contributed by atoms with Gasteiger partial charge in [-0.15, -0.1) is 0 Å². The topological polar surface area (TPSA) is 71.3 Å². The van der Waals surface area contributed by atoms with E-state index in [1.165, 1.54) is 25.7 Å². The first-order valence-electron chi connectivity index (χ1n) is 8.58. The zero-order chi connectivity index (χ0) is 16.1. The molecular formula is C16H26N4O2S. The van der Waals surface area contributed by atoms with Gasteiger partial charge in [-0.05, 0) is 38.5 Å². The van der Waals surface area contributed by atoms with Crippen LogP contribution in [0.25, 0.3) is 0 Å². The molecule has 1 saturated carbocycles. The van der Waals surface area contributed by atoms with E-state index in [4.69, 9.17) is 4.52 Å². The van der Waals surface area contributed by atoms with Gasteiger partial charge in [-0.1, -0.05) is 18.0 Å². The van der Waals surface area contributed by atoms with Crippen molar-refractivity contribution in [2.24, 2.45) is 5.92 Å². The lowest BCUT2D eigenvalue weighted by atomic mass is 9.95. The van der Waals surface area contributed by atoms with Gasteiger partial charge in [-0.3, -0.25) is 9.69 Å². The van der Waals surface area contributed by atoms with Gasteiger partial charge < -0.3 is 9.84 Å². The minimum absolute atomic E-state index is 0.0953. The first-order valence-corrected chi connectivity index (χ1v) is 9.98. The lowest BCUT2D eigenvalue weighted by molar-refractivity contribution is -0.127. The summed E-state index contributed by atoms with van der Waals surface area (Å²) in [6, 6.07) is 0.704. The molecule has 0 unspecified atom stereocenters. The lowest BCUT2D eigenvalue weighted by Crippen LogP contribution is -2.46. The predicted molar refractivity (Wildman–Crippen MR) is 89.9 cm³/mol. The Morgan fingerprint density at radius 3 is 2.96 bits per heavy atom. The molecule has 2 heterocycles. The molecule has 1 atom stereocenters. The summed E-state index contributed by atoms with van der Waals surface area (Å²) in [5, 5.41) is 6.86. The van der Waals surface area contributed by atoms with Crippen molar-refractivity contribution in [1.82, 2.24) is 20.4 Å². The Bertz CT molecular complexity index is 516. The molecule has 1 aromatic heterocycles. The summed E-state index contributed by atoms with van der Waals surface area (Å²) in [5.74, 6) is 2.13. The van der Waals surface area contributed by atoms with Gasteiger partial charge in [0.1, 0.15) is 0 Å². The molecule has 7 heteroatoms. The number of carbonyl (C=O) groups is 1. The van der Waals surface area contributed by atoms with Gasteiger partial charge in [-0.25, -0.2) is 0 Å². The number of hydrogen-bond donors (Lipinski definition) is 1. The van der Waals surface area contributed by atoms with Gasteiger partial charge in [0.15, 0.2) is 5.82 Å². The van der Waals surface area contributed by atoms with Gasteiger partial charge in [0.2, 0.25) is 11.8 Å². The number of likely N-dealkylation sites (tertiary alicyclic amines) is 1. The molecule has 1 aliphatic heterocycles. The molecule has 1 saturated heterocycles. The number of aromatic nitrogens is 2. The molecule has 1 N–H and O–H groups in total. The maximum absolute atomic E-state index is 12.4. The standard InChI is InChI=1S/C16H26N4O2S/c1-23-11-14-18-15(22-19-14)9-17-16(21)12-5-4-8-20(10-12)13-6-2-3-7-13/h12-13H,2-11H2,1H3,(H,17,21)/t12-/m0/s1. The van der Waals surface area contributed by atoms with Crippen molar-refractivity contribution in [2.45, 2.75) is 56.9 Å². The predicted octanol–water partition coefficient (Wildman–Crippen LogP) is 2.20. The Kier molecular flexibility index (Phi) is 5.94. The molecule has 1 aromatic rings. The Balaban J connectivity index is 1.47. The summed E-state index contributed by atoms with van der Waals surface area (Å²) in [6.45, 7) is 2.38. The summed E-state index contributed by atoms with van der Waals surface area (Å²) in [7, 11) is 0. The molecule has 0 aromatic carbocycles. The Morgan fingerprint density at radius 1 is 1.35 bits per heavy atom. The lowest BCUT2D eigenvalue weighted by Gasteiger charge is -2.36. The maximum atomic E-state index is 12.4. The van der Waals surface area contributed by atoms with Crippen molar-refractivity contribution in [2.75, 3.05) is 19.3 Å². The van der Waals surface area contributed by atoms with Crippen LogP contribution >= 0.6 is 11.8 Å². The number of amides is 1. The molecule has 3 rings (SSSR count). The Hall–Kier alpha value is -1.08. The first kappa shape index (κ1) is 16.8. The van der Waals surface area contributed by atoms with E-state index < -0.39 is 0 Å². The van der Waals surface area contributed by atoms with Gasteiger partial charge in [0, 0.05) is 12.6 Å². The van der Waals surface area contributed by atoms with Crippen LogP contribution in [-0.4, -0.2) is 46.3 Å². The van der Waals surface area contributed by atoms with Gasteiger partial charge >= 0.3 is 0 Å². The van der Waals surface area contributed by atoms with E-state index in [1.807, 2.05) is 6.26 Å². The molecule has 6 nitrogen and oxygen atoms in total. The maximum Gasteiger partial charge on any atom is 0.246 e. The number of nitrogens with zero attached hydrogens (tertiary/aromatic N) is 3. The van der Waals surface area contributed by atoms with Crippen LogP contribution in [0.2, 0.25) is 0 Å². The highest BCUT2D eigenvalue weighted by atomic mass is 32.2.